The largest absolute Gasteiger partial charge is 0.394 e. The molecule has 0 aromatic rings. The predicted octanol–water partition coefficient (Wildman–Crippen LogP) is 18.2. The van der Waals surface area contributed by atoms with E-state index in [0.29, 0.717) is 6.42 Å². The van der Waals surface area contributed by atoms with Gasteiger partial charge in [0, 0.05) is 6.42 Å². The minimum absolute atomic E-state index is 0.234. The molecule has 14 nitrogen and oxygen atoms in total. The Kier molecular flexibility index (Phi) is 61.2. The van der Waals surface area contributed by atoms with Crippen molar-refractivity contribution in [3.05, 3.63) is 48.6 Å². The van der Waals surface area contributed by atoms with Crippen LogP contribution in [0.15, 0.2) is 48.6 Å². The van der Waals surface area contributed by atoms with Crippen LogP contribution in [0.4, 0.5) is 0 Å². The summed E-state index contributed by atoms with van der Waals surface area (Å²) >= 11 is 0. The van der Waals surface area contributed by atoms with Crippen molar-refractivity contribution in [3.8, 4) is 0 Å². The van der Waals surface area contributed by atoms with E-state index in [1.54, 1.807) is 6.08 Å². The normalized spacial score (nSPS) is 22.5. The van der Waals surface area contributed by atoms with Gasteiger partial charge in [-0.15, -0.1) is 0 Å². The van der Waals surface area contributed by atoms with Crippen LogP contribution in [-0.2, 0) is 23.7 Å². The van der Waals surface area contributed by atoms with E-state index in [-0.39, 0.29) is 18.9 Å². The van der Waals surface area contributed by atoms with Gasteiger partial charge in [0.25, 0.3) is 0 Å². The molecular weight excluding hydrogens is 1190 g/mol. The molecule has 2 aliphatic rings. The molecule has 12 atom stereocenters. The topological polar surface area (TPSA) is 228 Å². The summed E-state index contributed by atoms with van der Waals surface area (Å²) in [7, 11) is 0. The van der Waals surface area contributed by atoms with Gasteiger partial charge in [-0.3, -0.25) is 4.79 Å². The van der Waals surface area contributed by atoms with Gasteiger partial charge in [-0.1, -0.05) is 351 Å². The molecule has 2 heterocycles. The Hall–Kier alpha value is -2.05. The first kappa shape index (κ1) is 89.0. The average molecular weight is 1350 g/mol. The third-order valence-electron chi connectivity index (χ3n) is 19.8. The molecule has 558 valence electrons. The molecule has 95 heavy (non-hydrogen) atoms. The van der Waals surface area contributed by atoms with Crippen molar-refractivity contribution in [2.24, 2.45) is 0 Å². The van der Waals surface area contributed by atoms with Crippen molar-refractivity contribution in [2.45, 2.75) is 441 Å². The number of unbranched alkanes of at least 4 members (excludes halogenated alkanes) is 49. The van der Waals surface area contributed by atoms with E-state index in [0.717, 1.165) is 51.4 Å². The van der Waals surface area contributed by atoms with Crippen LogP contribution in [0.5, 0.6) is 0 Å². The Bertz CT molecular complexity index is 1780. The van der Waals surface area contributed by atoms with Gasteiger partial charge in [-0.05, 0) is 57.8 Å². The number of amides is 1. The Morgan fingerprint density at radius 3 is 1.06 bits per heavy atom. The third-order valence-corrected chi connectivity index (χ3v) is 19.8. The van der Waals surface area contributed by atoms with Crippen molar-refractivity contribution in [1.29, 1.82) is 0 Å². The summed E-state index contributed by atoms with van der Waals surface area (Å²) in [5.74, 6) is -0.234. The highest BCUT2D eigenvalue weighted by Gasteiger charge is 2.51. The fourth-order valence-corrected chi connectivity index (χ4v) is 13.4. The summed E-state index contributed by atoms with van der Waals surface area (Å²) < 4.78 is 22.9. The first-order valence-electron chi connectivity index (χ1n) is 40.4. The van der Waals surface area contributed by atoms with Gasteiger partial charge in [-0.25, -0.2) is 0 Å². The van der Waals surface area contributed by atoms with Gasteiger partial charge in [-0.2, -0.15) is 0 Å². The average Bonchev–Trinajstić information content (AvgIpc) is 0.801. The van der Waals surface area contributed by atoms with Crippen LogP contribution in [0.1, 0.15) is 367 Å². The highest BCUT2D eigenvalue weighted by molar-refractivity contribution is 5.76. The highest BCUT2D eigenvalue weighted by atomic mass is 16.7. The third kappa shape index (κ3) is 48.4. The van der Waals surface area contributed by atoms with E-state index >= 15 is 0 Å². The first-order chi connectivity index (χ1) is 46.6. The summed E-state index contributed by atoms with van der Waals surface area (Å²) in [6.45, 7) is 2.85. The minimum Gasteiger partial charge on any atom is -0.394 e. The molecule has 2 fully saturated rings. The molecule has 2 rings (SSSR count). The number of carbonyl (C=O) groups is 1. The Labute approximate surface area is 582 Å². The lowest BCUT2D eigenvalue weighted by atomic mass is 9.97. The molecular formula is C81H151NO13. The van der Waals surface area contributed by atoms with E-state index in [9.17, 15) is 45.6 Å². The van der Waals surface area contributed by atoms with Gasteiger partial charge in [0.15, 0.2) is 12.6 Å². The summed E-state index contributed by atoms with van der Waals surface area (Å²) in [6, 6.07) is -0.917. The fourth-order valence-electron chi connectivity index (χ4n) is 13.4. The zero-order valence-electron chi connectivity index (χ0n) is 61.2. The quantitative estimate of drug-likeness (QED) is 0.0204. The van der Waals surface area contributed by atoms with Crippen LogP contribution in [0.2, 0.25) is 0 Å². The Balaban J connectivity index is 1.62. The molecule has 9 N–H and O–H groups in total. The predicted molar refractivity (Wildman–Crippen MR) is 392 cm³/mol. The fraction of sp³-hybridized carbons (Fsp3) is 0.889. The maximum Gasteiger partial charge on any atom is 0.220 e. The molecule has 0 aromatic heterocycles. The van der Waals surface area contributed by atoms with Gasteiger partial charge in [0.05, 0.1) is 32.0 Å². The molecule has 2 aliphatic heterocycles. The van der Waals surface area contributed by atoms with E-state index in [4.69, 9.17) is 18.9 Å². The SMILES string of the molecule is CCCCCCC/C=C\C/C=C\C/C=C\CCCCCCCCCCCCCCCCCCC(=O)NC(COC1OC(CO)C(OC2OC(CO)C(O)C(O)C2O)C(O)C1O)C(O)/C=C/CCCCCCCCCCCCCCCCCCCCCCCCCCCCCC. The summed E-state index contributed by atoms with van der Waals surface area (Å²) in [5.41, 5.74) is 0. The van der Waals surface area contributed by atoms with Crippen molar-refractivity contribution < 1.29 is 64.6 Å². The lowest BCUT2D eigenvalue weighted by Gasteiger charge is -2.46. The number of aliphatic hydroxyl groups is 8. The molecule has 1 amide bonds. The van der Waals surface area contributed by atoms with Crippen LogP contribution >= 0.6 is 0 Å². The van der Waals surface area contributed by atoms with Crippen LogP contribution in [0.25, 0.3) is 0 Å². The molecule has 0 bridgehead atoms. The van der Waals surface area contributed by atoms with Crippen molar-refractivity contribution in [3.63, 3.8) is 0 Å². The van der Waals surface area contributed by atoms with E-state index in [2.05, 4.69) is 55.6 Å². The molecule has 12 unspecified atom stereocenters. The van der Waals surface area contributed by atoms with Gasteiger partial charge in [0.1, 0.15) is 48.8 Å². The zero-order valence-corrected chi connectivity index (χ0v) is 61.2. The van der Waals surface area contributed by atoms with E-state index < -0.39 is 86.8 Å². The minimum atomic E-state index is -1.79. The maximum absolute atomic E-state index is 13.4. The van der Waals surface area contributed by atoms with Crippen LogP contribution in [0, 0.1) is 0 Å². The van der Waals surface area contributed by atoms with Crippen molar-refractivity contribution in [1.82, 2.24) is 5.32 Å². The Morgan fingerprint density at radius 1 is 0.379 bits per heavy atom. The second-order valence-electron chi connectivity index (χ2n) is 28.5. The molecule has 0 aromatic carbocycles. The molecule has 14 heteroatoms. The number of nitrogens with one attached hydrogen (secondary N) is 1. The molecule has 2 saturated heterocycles. The van der Waals surface area contributed by atoms with Crippen LogP contribution in [0.3, 0.4) is 0 Å². The summed E-state index contributed by atoms with van der Waals surface area (Å²) in [5, 5.41) is 87.7. The number of carbonyl (C=O) groups excluding carboxylic acids is 1. The lowest BCUT2D eigenvalue weighted by Crippen LogP contribution is -2.65. The number of hydrogen-bond acceptors (Lipinski definition) is 13. The number of hydrogen-bond donors (Lipinski definition) is 9. The van der Waals surface area contributed by atoms with Crippen LogP contribution in [-0.4, -0.2) is 140 Å². The maximum atomic E-state index is 13.4. The molecule has 0 aliphatic carbocycles. The number of ether oxygens (including phenoxy) is 4. The van der Waals surface area contributed by atoms with Gasteiger partial charge < -0.3 is 65.1 Å². The number of allylic oxidation sites excluding steroid dienone is 7. The highest BCUT2D eigenvalue weighted by Crippen LogP contribution is 2.30. The smallest absolute Gasteiger partial charge is 0.220 e. The molecule has 0 spiro atoms. The van der Waals surface area contributed by atoms with Crippen molar-refractivity contribution in [2.75, 3.05) is 19.8 Å². The van der Waals surface area contributed by atoms with Crippen LogP contribution < -0.4 is 5.32 Å². The van der Waals surface area contributed by atoms with Crippen molar-refractivity contribution >= 4 is 5.91 Å². The molecule has 0 saturated carbocycles. The lowest BCUT2D eigenvalue weighted by molar-refractivity contribution is -0.359. The summed E-state index contributed by atoms with van der Waals surface area (Å²) in [6.07, 6.45) is 70.4. The second-order valence-corrected chi connectivity index (χ2v) is 28.5. The standard InChI is InChI=1S/C81H151NO13/c1-3-5-7-9-11-13-15-17-19-21-23-25-27-29-31-33-35-37-39-41-43-45-47-49-51-53-55-57-59-61-63-65-73(86)82-69(68-92-80-78(91)76(89)79(72(67-84)94-80)95-81-77(90)75(88)74(87)71(66-83)93-81)70(85)64-62-60-58-56-54-52-50-48-46-44-42-40-38-36-34-32-30-28-26-24-22-20-18-16-14-12-10-8-6-4-2/h15,17,21,23,27,29,62,64,69-72,74-81,83-85,87-91H,3-14,16,18-20,22,24-26,28,30-61,63,65-68H2,1-2H3,(H,82,86)/b17-15-,23-21-,29-27-,64-62+. The van der Waals surface area contributed by atoms with Gasteiger partial charge >= 0.3 is 0 Å². The summed E-state index contributed by atoms with van der Waals surface area (Å²) in [4.78, 5) is 13.4. The number of aliphatic hydroxyl groups excluding tert-OH is 8. The van der Waals surface area contributed by atoms with E-state index in [1.807, 2.05) is 6.08 Å². The number of rotatable bonds is 68. The van der Waals surface area contributed by atoms with Gasteiger partial charge in [0.2, 0.25) is 5.91 Å². The first-order valence-corrected chi connectivity index (χ1v) is 40.4. The monoisotopic (exact) mass is 1350 g/mol. The second kappa shape index (κ2) is 65.3. The Morgan fingerprint density at radius 2 is 0.695 bits per heavy atom. The van der Waals surface area contributed by atoms with E-state index in [1.165, 1.54) is 289 Å². The molecule has 0 radical (unpaired) electrons. The zero-order chi connectivity index (χ0) is 68.7.